The van der Waals surface area contributed by atoms with Crippen molar-refractivity contribution in [2.24, 2.45) is 0 Å². The summed E-state index contributed by atoms with van der Waals surface area (Å²) in [4.78, 5) is 10.8. The van der Waals surface area contributed by atoms with Gasteiger partial charge in [0.15, 0.2) is 0 Å². The molecule has 0 bridgehead atoms. The molecule has 0 saturated carbocycles. The van der Waals surface area contributed by atoms with E-state index in [2.05, 4.69) is 14.9 Å². The molecule has 0 radical (unpaired) electrons. The van der Waals surface area contributed by atoms with E-state index >= 15 is 0 Å². The molecule has 3 aromatic rings. The summed E-state index contributed by atoms with van der Waals surface area (Å²) in [5, 5.41) is 16.9. The predicted octanol–water partition coefficient (Wildman–Crippen LogP) is 2.46. The number of carbonyl (C=O) groups is 1. The van der Waals surface area contributed by atoms with Crippen LogP contribution in [0, 0.1) is 6.92 Å². The standard InChI is InChI=1S/C18H17N3O5S/c1-11-6-8-13(9-7-11)16-19-20-17(26-16)14-4-3-5-15(10-14)27(24,25)21-12(2)18(22)23/h3-10,12,21H,1-2H3,(H,22,23)/t12-/m0/s1. The lowest BCUT2D eigenvalue weighted by molar-refractivity contribution is -0.138. The van der Waals surface area contributed by atoms with Crippen molar-refractivity contribution in [1.29, 1.82) is 0 Å². The van der Waals surface area contributed by atoms with Gasteiger partial charge < -0.3 is 9.52 Å². The molecule has 0 aliphatic carbocycles. The molecule has 0 spiro atoms. The van der Waals surface area contributed by atoms with Crippen molar-refractivity contribution in [2.75, 3.05) is 0 Å². The van der Waals surface area contributed by atoms with E-state index in [4.69, 9.17) is 9.52 Å². The van der Waals surface area contributed by atoms with Gasteiger partial charge in [-0.3, -0.25) is 4.79 Å². The number of aromatic nitrogens is 2. The lowest BCUT2D eigenvalue weighted by Crippen LogP contribution is -2.38. The van der Waals surface area contributed by atoms with Crippen LogP contribution in [-0.2, 0) is 14.8 Å². The zero-order valence-electron chi connectivity index (χ0n) is 14.6. The maximum Gasteiger partial charge on any atom is 0.321 e. The molecule has 27 heavy (non-hydrogen) atoms. The van der Waals surface area contributed by atoms with Crippen molar-refractivity contribution in [2.45, 2.75) is 24.8 Å². The number of sulfonamides is 1. The first-order valence-electron chi connectivity index (χ1n) is 8.02. The van der Waals surface area contributed by atoms with E-state index in [-0.39, 0.29) is 10.8 Å². The Hall–Kier alpha value is -3.04. The Morgan fingerprint density at radius 1 is 1.07 bits per heavy atom. The Kier molecular flexibility index (Phi) is 5.06. The van der Waals surface area contributed by atoms with Gasteiger partial charge in [-0.2, -0.15) is 4.72 Å². The average Bonchev–Trinajstić information content (AvgIpc) is 3.12. The largest absolute Gasteiger partial charge is 0.480 e. The molecule has 1 heterocycles. The molecule has 0 unspecified atom stereocenters. The van der Waals surface area contributed by atoms with Crippen LogP contribution in [-0.4, -0.2) is 35.7 Å². The number of nitrogens with zero attached hydrogens (tertiary/aromatic N) is 2. The van der Waals surface area contributed by atoms with E-state index in [0.29, 0.717) is 11.5 Å². The van der Waals surface area contributed by atoms with Crippen LogP contribution in [0.2, 0.25) is 0 Å². The summed E-state index contributed by atoms with van der Waals surface area (Å²) in [5.41, 5.74) is 2.26. The van der Waals surface area contributed by atoms with Crippen molar-refractivity contribution >= 4 is 16.0 Å². The maximum absolute atomic E-state index is 12.3. The minimum absolute atomic E-state index is 0.0943. The minimum Gasteiger partial charge on any atom is -0.480 e. The smallest absolute Gasteiger partial charge is 0.321 e. The second-order valence-electron chi connectivity index (χ2n) is 5.99. The number of benzene rings is 2. The SMILES string of the molecule is Cc1ccc(-c2nnc(-c3cccc(S(=O)(=O)N[C@@H](C)C(=O)O)c3)o2)cc1. The first-order chi connectivity index (χ1) is 12.8. The van der Waals surface area contributed by atoms with Crippen LogP contribution in [0.5, 0.6) is 0 Å². The van der Waals surface area contributed by atoms with Crippen LogP contribution in [0.3, 0.4) is 0 Å². The molecule has 0 amide bonds. The maximum atomic E-state index is 12.3. The molecule has 8 nitrogen and oxygen atoms in total. The van der Waals surface area contributed by atoms with Crippen LogP contribution in [0.15, 0.2) is 57.8 Å². The Morgan fingerprint density at radius 3 is 2.33 bits per heavy atom. The molecule has 0 saturated heterocycles. The fourth-order valence-corrected chi connectivity index (χ4v) is 3.54. The topological polar surface area (TPSA) is 122 Å². The highest BCUT2D eigenvalue weighted by Crippen LogP contribution is 2.25. The Labute approximate surface area is 155 Å². The third kappa shape index (κ3) is 4.21. The highest BCUT2D eigenvalue weighted by molar-refractivity contribution is 7.89. The minimum atomic E-state index is -4.01. The van der Waals surface area contributed by atoms with Crippen molar-refractivity contribution < 1.29 is 22.7 Å². The van der Waals surface area contributed by atoms with E-state index in [1.807, 2.05) is 31.2 Å². The molecular weight excluding hydrogens is 370 g/mol. The van der Waals surface area contributed by atoms with Gasteiger partial charge in [0.2, 0.25) is 21.8 Å². The van der Waals surface area contributed by atoms with Gasteiger partial charge in [0.1, 0.15) is 6.04 Å². The molecule has 1 atom stereocenters. The summed E-state index contributed by atoms with van der Waals surface area (Å²) in [5.74, 6) is -0.792. The number of aryl methyl sites for hydroxylation is 1. The first kappa shape index (κ1) is 18.7. The zero-order valence-corrected chi connectivity index (χ0v) is 15.4. The number of carboxylic acid groups (broad SMARTS) is 1. The van der Waals surface area contributed by atoms with E-state index in [1.54, 1.807) is 6.07 Å². The van der Waals surface area contributed by atoms with Gasteiger partial charge >= 0.3 is 5.97 Å². The number of aliphatic carboxylic acids is 1. The zero-order chi connectivity index (χ0) is 19.6. The summed E-state index contributed by atoms with van der Waals surface area (Å²) < 4.78 is 32.4. The van der Waals surface area contributed by atoms with Crippen molar-refractivity contribution in [3.8, 4) is 22.9 Å². The number of rotatable bonds is 6. The van der Waals surface area contributed by atoms with Crippen LogP contribution in [0.4, 0.5) is 0 Å². The van der Waals surface area contributed by atoms with Crippen LogP contribution in [0.1, 0.15) is 12.5 Å². The van der Waals surface area contributed by atoms with Gasteiger partial charge in [-0.05, 0) is 44.2 Å². The van der Waals surface area contributed by atoms with Crippen molar-refractivity contribution in [1.82, 2.24) is 14.9 Å². The summed E-state index contributed by atoms with van der Waals surface area (Å²) in [6.45, 7) is 3.21. The number of carboxylic acids is 1. The second-order valence-corrected chi connectivity index (χ2v) is 7.70. The highest BCUT2D eigenvalue weighted by Gasteiger charge is 2.22. The Morgan fingerprint density at radius 2 is 1.70 bits per heavy atom. The summed E-state index contributed by atoms with van der Waals surface area (Å²) in [6, 6.07) is 12.1. The normalized spacial score (nSPS) is 12.7. The van der Waals surface area contributed by atoms with Gasteiger partial charge in [0.25, 0.3) is 0 Å². The Balaban J connectivity index is 1.90. The monoisotopic (exact) mass is 387 g/mol. The molecule has 1 aromatic heterocycles. The van der Waals surface area contributed by atoms with Crippen LogP contribution < -0.4 is 4.72 Å². The quantitative estimate of drug-likeness (QED) is 0.666. The molecule has 2 aromatic carbocycles. The molecule has 0 fully saturated rings. The predicted molar refractivity (Wildman–Crippen MR) is 97.3 cm³/mol. The van der Waals surface area contributed by atoms with Gasteiger partial charge in [-0.25, -0.2) is 8.42 Å². The Bertz CT molecular complexity index is 1070. The molecular formula is C18H17N3O5S. The molecule has 140 valence electrons. The van der Waals surface area contributed by atoms with Gasteiger partial charge in [0.05, 0.1) is 4.90 Å². The lowest BCUT2D eigenvalue weighted by Gasteiger charge is -2.10. The molecule has 2 N–H and O–H groups in total. The fraction of sp³-hybridized carbons (Fsp3) is 0.167. The molecule has 9 heteroatoms. The van der Waals surface area contributed by atoms with E-state index in [9.17, 15) is 13.2 Å². The molecule has 0 aliphatic heterocycles. The molecule has 0 aliphatic rings. The average molecular weight is 387 g/mol. The van der Waals surface area contributed by atoms with Gasteiger partial charge in [0, 0.05) is 11.1 Å². The number of hydrogen-bond donors (Lipinski definition) is 2. The molecule has 3 rings (SSSR count). The van der Waals surface area contributed by atoms with Crippen molar-refractivity contribution in [3.05, 3.63) is 54.1 Å². The summed E-state index contributed by atoms with van der Waals surface area (Å²) in [7, 11) is -4.01. The summed E-state index contributed by atoms with van der Waals surface area (Å²) >= 11 is 0. The first-order valence-corrected chi connectivity index (χ1v) is 9.51. The number of nitrogens with one attached hydrogen (secondary N) is 1. The van der Waals surface area contributed by atoms with E-state index < -0.39 is 22.0 Å². The van der Waals surface area contributed by atoms with E-state index in [0.717, 1.165) is 11.1 Å². The van der Waals surface area contributed by atoms with Crippen molar-refractivity contribution in [3.63, 3.8) is 0 Å². The summed E-state index contributed by atoms with van der Waals surface area (Å²) in [6.07, 6.45) is 0. The van der Waals surface area contributed by atoms with Gasteiger partial charge in [-0.15, -0.1) is 10.2 Å². The van der Waals surface area contributed by atoms with Crippen LogP contribution in [0.25, 0.3) is 22.9 Å². The third-order valence-corrected chi connectivity index (χ3v) is 5.36. The fourth-order valence-electron chi connectivity index (χ4n) is 2.30. The third-order valence-electron chi connectivity index (χ3n) is 3.82. The number of hydrogen-bond acceptors (Lipinski definition) is 6. The second kappa shape index (κ2) is 7.29. The lowest BCUT2D eigenvalue weighted by atomic mass is 10.1. The van der Waals surface area contributed by atoms with Gasteiger partial charge in [-0.1, -0.05) is 23.8 Å². The van der Waals surface area contributed by atoms with E-state index in [1.165, 1.54) is 25.1 Å². The van der Waals surface area contributed by atoms with Crippen LogP contribution >= 0.6 is 0 Å². The highest BCUT2D eigenvalue weighted by atomic mass is 32.2.